The van der Waals surface area contributed by atoms with Crippen LogP contribution in [0.5, 0.6) is 5.75 Å². The number of aliphatic hydroxyl groups is 1. The number of pyridine rings is 1. The third-order valence-electron chi connectivity index (χ3n) is 7.23. The summed E-state index contributed by atoms with van der Waals surface area (Å²) < 4.78 is 12.7. The summed E-state index contributed by atoms with van der Waals surface area (Å²) in [7, 11) is 1.57. The van der Waals surface area contributed by atoms with E-state index in [0.717, 1.165) is 25.2 Å². The number of Topliss-reactive ketones (excluding diaryl/α,β-unsaturated/α-hetero) is 1. The largest absolute Gasteiger partial charge is 0.505 e. The van der Waals surface area contributed by atoms with Gasteiger partial charge in [-0.15, -0.1) is 0 Å². The van der Waals surface area contributed by atoms with Crippen molar-refractivity contribution in [3.8, 4) is 5.75 Å². The van der Waals surface area contributed by atoms with Gasteiger partial charge in [-0.25, -0.2) is 4.98 Å². The second-order valence-corrected chi connectivity index (χ2v) is 9.51. The number of imidazole rings is 1. The number of likely N-dealkylation sites (tertiary alicyclic amines) is 1. The average molecular weight is 505 g/mol. The van der Waals surface area contributed by atoms with Crippen molar-refractivity contribution in [1.82, 2.24) is 19.2 Å². The van der Waals surface area contributed by atoms with E-state index >= 15 is 0 Å². The standard InChI is InChI=1S/C28H32N4O5/c1-18-7-5-11-31-19(2)23(29-27(18)31)25(33)22-24(20-8-4-9-21(17-20)36-3)32(28(35)26(22)34)12-6-10-30-13-15-37-16-14-30/h4-5,7-9,11,17,24,33H,6,10,12-16H2,1-3H3. The molecule has 1 unspecified atom stereocenters. The van der Waals surface area contributed by atoms with Crippen LogP contribution in [0.15, 0.2) is 48.2 Å². The van der Waals surface area contributed by atoms with Gasteiger partial charge in [0.2, 0.25) is 0 Å². The van der Waals surface area contributed by atoms with E-state index in [1.807, 2.05) is 54.8 Å². The zero-order chi connectivity index (χ0) is 26.1. The third kappa shape index (κ3) is 4.60. The Morgan fingerprint density at radius 3 is 2.65 bits per heavy atom. The van der Waals surface area contributed by atoms with Crippen LogP contribution < -0.4 is 4.74 Å². The predicted octanol–water partition coefficient (Wildman–Crippen LogP) is 3.10. The van der Waals surface area contributed by atoms with Gasteiger partial charge in [0.05, 0.1) is 37.6 Å². The molecule has 9 heteroatoms. The van der Waals surface area contributed by atoms with Crippen molar-refractivity contribution in [2.45, 2.75) is 26.3 Å². The lowest BCUT2D eigenvalue weighted by Crippen LogP contribution is -2.38. The van der Waals surface area contributed by atoms with Gasteiger partial charge < -0.3 is 23.9 Å². The molecule has 2 aliphatic heterocycles. The molecule has 1 N–H and O–H groups in total. The summed E-state index contributed by atoms with van der Waals surface area (Å²) in [4.78, 5) is 35.3. The number of morpholine rings is 1. The van der Waals surface area contributed by atoms with E-state index in [1.54, 1.807) is 18.1 Å². The summed E-state index contributed by atoms with van der Waals surface area (Å²) in [6, 6.07) is 10.4. The Balaban J connectivity index is 1.56. The number of ketones is 1. The minimum Gasteiger partial charge on any atom is -0.505 e. The molecule has 0 radical (unpaired) electrons. The van der Waals surface area contributed by atoms with Crippen molar-refractivity contribution in [2.75, 3.05) is 46.5 Å². The van der Waals surface area contributed by atoms with Crippen LogP contribution in [-0.4, -0.2) is 82.5 Å². The SMILES string of the molecule is COc1cccc(C2C(=C(O)c3nc4c(C)cccn4c3C)C(=O)C(=O)N2CCCN2CCOCC2)c1. The first-order valence-corrected chi connectivity index (χ1v) is 12.6. The van der Waals surface area contributed by atoms with Crippen molar-refractivity contribution in [1.29, 1.82) is 0 Å². The summed E-state index contributed by atoms with van der Waals surface area (Å²) in [5.41, 5.74) is 3.38. The number of hydrogen-bond donors (Lipinski definition) is 1. The summed E-state index contributed by atoms with van der Waals surface area (Å²) in [6.45, 7) is 8.06. The molecule has 4 heterocycles. The molecule has 2 saturated heterocycles. The Morgan fingerprint density at radius 1 is 1.14 bits per heavy atom. The van der Waals surface area contributed by atoms with Crippen LogP contribution in [-0.2, 0) is 14.3 Å². The molecule has 0 aliphatic carbocycles. The highest BCUT2D eigenvalue weighted by molar-refractivity contribution is 6.46. The van der Waals surface area contributed by atoms with E-state index in [2.05, 4.69) is 9.88 Å². The number of methoxy groups -OCH3 is 1. The van der Waals surface area contributed by atoms with E-state index < -0.39 is 17.7 Å². The van der Waals surface area contributed by atoms with Gasteiger partial charge in [-0.05, 0) is 49.6 Å². The number of aromatic nitrogens is 2. The van der Waals surface area contributed by atoms with Crippen LogP contribution in [0.2, 0.25) is 0 Å². The quantitative estimate of drug-likeness (QED) is 0.300. The van der Waals surface area contributed by atoms with Crippen LogP contribution in [0.1, 0.15) is 35.0 Å². The van der Waals surface area contributed by atoms with Crippen LogP contribution in [0, 0.1) is 13.8 Å². The van der Waals surface area contributed by atoms with Gasteiger partial charge in [0.25, 0.3) is 11.7 Å². The zero-order valence-electron chi connectivity index (χ0n) is 21.4. The van der Waals surface area contributed by atoms with Gasteiger partial charge in [0.1, 0.15) is 17.1 Å². The molecule has 0 saturated carbocycles. The topological polar surface area (TPSA) is 96.6 Å². The van der Waals surface area contributed by atoms with Crippen LogP contribution in [0.25, 0.3) is 11.4 Å². The second-order valence-electron chi connectivity index (χ2n) is 9.51. The Kier molecular flexibility index (Phi) is 6.99. The lowest BCUT2D eigenvalue weighted by molar-refractivity contribution is -0.140. The van der Waals surface area contributed by atoms with Crippen molar-refractivity contribution >= 4 is 23.1 Å². The first kappa shape index (κ1) is 25.0. The first-order valence-electron chi connectivity index (χ1n) is 12.6. The molecule has 2 fully saturated rings. The van der Waals surface area contributed by atoms with Gasteiger partial charge in [0.15, 0.2) is 5.76 Å². The Bertz CT molecular complexity index is 1370. The van der Waals surface area contributed by atoms with E-state index in [9.17, 15) is 14.7 Å². The molecule has 2 aromatic heterocycles. The summed E-state index contributed by atoms with van der Waals surface area (Å²) in [5, 5.41) is 11.5. The van der Waals surface area contributed by atoms with Gasteiger partial charge >= 0.3 is 0 Å². The second kappa shape index (κ2) is 10.4. The Hall–Kier alpha value is -3.69. The van der Waals surface area contributed by atoms with Gasteiger partial charge in [0, 0.05) is 32.4 Å². The van der Waals surface area contributed by atoms with Crippen LogP contribution >= 0.6 is 0 Å². The third-order valence-corrected chi connectivity index (χ3v) is 7.23. The number of rotatable bonds is 7. The molecule has 1 atom stereocenters. The van der Waals surface area contributed by atoms with Crippen molar-refractivity contribution in [3.05, 3.63) is 70.7 Å². The smallest absolute Gasteiger partial charge is 0.295 e. The summed E-state index contributed by atoms with van der Waals surface area (Å²) in [5.74, 6) is -0.975. The van der Waals surface area contributed by atoms with E-state index in [1.165, 1.54) is 0 Å². The maximum absolute atomic E-state index is 13.4. The molecule has 5 rings (SSSR count). The number of aryl methyl sites for hydroxylation is 2. The first-order chi connectivity index (χ1) is 17.9. The Morgan fingerprint density at radius 2 is 1.92 bits per heavy atom. The van der Waals surface area contributed by atoms with Crippen molar-refractivity contribution in [3.63, 3.8) is 0 Å². The number of carbonyl (C=O) groups is 2. The zero-order valence-corrected chi connectivity index (χ0v) is 21.4. The van der Waals surface area contributed by atoms with Gasteiger partial charge in [-0.1, -0.05) is 18.2 Å². The molecule has 9 nitrogen and oxygen atoms in total. The van der Waals surface area contributed by atoms with Gasteiger partial charge in [-0.3, -0.25) is 14.5 Å². The highest BCUT2D eigenvalue weighted by Crippen LogP contribution is 2.40. The number of fused-ring (bicyclic) bond motifs is 1. The van der Waals surface area contributed by atoms with Gasteiger partial charge in [-0.2, -0.15) is 0 Å². The van der Waals surface area contributed by atoms with E-state index in [-0.39, 0.29) is 11.3 Å². The molecular weight excluding hydrogens is 472 g/mol. The summed E-state index contributed by atoms with van der Waals surface area (Å²) >= 11 is 0. The molecule has 0 bridgehead atoms. The molecule has 1 aromatic carbocycles. The number of ether oxygens (including phenoxy) is 2. The fraction of sp³-hybridized carbons (Fsp3) is 0.393. The lowest BCUT2D eigenvalue weighted by Gasteiger charge is -2.29. The monoisotopic (exact) mass is 504 g/mol. The molecule has 1 amide bonds. The maximum Gasteiger partial charge on any atom is 0.295 e. The predicted molar refractivity (Wildman–Crippen MR) is 139 cm³/mol. The molecule has 37 heavy (non-hydrogen) atoms. The normalized spacial score (nSPS) is 20.2. The number of nitrogens with zero attached hydrogens (tertiary/aromatic N) is 4. The summed E-state index contributed by atoms with van der Waals surface area (Å²) in [6.07, 6.45) is 2.56. The minimum atomic E-state index is -0.745. The minimum absolute atomic E-state index is 0.0498. The fourth-order valence-corrected chi connectivity index (χ4v) is 5.23. The number of carbonyl (C=O) groups excluding carboxylic acids is 2. The fourth-order valence-electron chi connectivity index (χ4n) is 5.23. The number of amides is 1. The number of benzene rings is 1. The van der Waals surface area contributed by atoms with E-state index in [0.29, 0.717) is 54.5 Å². The highest BCUT2D eigenvalue weighted by Gasteiger charge is 2.46. The molecule has 2 aliphatic rings. The molecule has 0 spiro atoms. The average Bonchev–Trinajstić information content (AvgIpc) is 3.39. The number of aliphatic hydroxyl groups excluding tert-OH is 1. The van der Waals surface area contributed by atoms with Crippen molar-refractivity contribution < 1.29 is 24.2 Å². The highest BCUT2D eigenvalue weighted by atomic mass is 16.5. The molecular formula is C28H32N4O5. The maximum atomic E-state index is 13.4. The van der Waals surface area contributed by atoms with Crippen molar-refractivity contribution in [2.24, 2.45) is 0 Å². The molecule has 194 valence electrons. The van der Waals surface area contributed by atoms with Crippen LogP contribution in [0.4, 0.5) is 0 Å². The van der Waals surface area contributed by atoms with Crippen LogP contribution in [0.3, 0.4) is 0 Å². The van der Waals surface area contributed by atoms with E-state index in [4.69, 9.17) is 9.47 Å². The lowest BCUT2D eigenvalue weighted by atomic mass is 9.96. The number of hydrogen-bond acceptors (Lipinski definition) is 7. The Labute approximate surface area is 215 Å². The molecule has 3 aromatic rings.